The number of rotatable bonds is 5. The summed E-state index contributed by atoms with van der Waals surface area (Å²) in [6.07, 6.45) is 8.07. The first kappa shape index (κ1) is 21.2. The third-order valence-electron chi connectivity index (χ3n) is 5.57. The Morgan fingerprint density at radius 1 is 1.42 bits per heavy atom. The number of ketones is 1. The average Bonchev–Trinajstić information content (AvgIpc) is 3.35. The number of likely N-dealkylation sites (tertiary alicyclic amines) is 1. The van der Waals surface area contributed by atoms with E-state index in [0.29, 0.717) is 44.3 Å². The van der Waals surface area contributed by atoms with Crippen molar-refractivity contribution in [2.24, 2.45) is 0 Å². The van der Waals surface area contributed by atoms with Gasteiger partial charge in [-0.2, -0.15) is 5.26 Å². The molecule has 1 N–H and O–H groups in total. The molecule has 1 aliphatic carbocycles. The summed E-state index contributed by atoms with van der Waals surface area (Å²) >= 11 is 1.47. The Hall–Kier alpha value is -3.02. The summed E-state index contributed by atoms with van der Waals surface area (Å²) in [5, 5.41) is 19.3. The molecule has 160 valence electrons. The number of β-amino-alcohol motifs (C(OH)–C–C–N with tert-alkyl or cyclic N) is 1. The fraction of sp³-hybridized carbons (Fsp3) is 0.391. The van der Waals surface area contributed by atoms with Crippen molar-refractivity contribution in [3.05, 3.63) is 57.0 Å². The summed E-state index contributed by atoms with van der Waals surface area (Å²) in [6, 6.07) is 5.94. The number of ether oxygens (including phenoxy) is 1. The quantitative estimate of drug-likeness (QED) is 0.722. The largest absolute Gasteiger partial charge is 0.446 e. The predicted molar refractivity (Wildman–Crippen MR) is 116 cm³/mol. The number of aliphatic hydroxyl groups excluding tert-OH is 1. The van der Waals surface area contributed by atoms with E-state index in [4.69, 9.17) is 4.74 Å². The van der Waals surface area contributed by atoms with Crippen LogP contribution in [0.2, 0.25) is 0 Å². The van der Waals surface area contributed by atoms with Crippen LogP contribution in [0, 0.1) is 11.3 Å². The second kappa shape index (κ2) is 9.41. The maximum absolute atomic E-state index is 12.4. The topological polar surface area (TPSA) is 104 Å². The van der Waals surface area contributed by atoms with Gasteiger partial charge in [-0.05, 0) is 48.6 Å². The second-order valence-electron chi connectivity index (χ2n) is 7.81. The van der Waals surface area contributed by atoms with E-state index < -0.39 is 12.2 Å². The fourth-order valence-corrected chi connectivity index (χ4v) is 5.35. The van der Waals surface area contributed by atoms with Gasteiger partial charge in [-0.25, -0.2) is 4.79 Å². The molecule has 0 bridgehead atoms. The number of carbonyl (C=O) groups excluding carboxylic acids is 2. The molecule has 31 heavy (non-hydrogen) atoms. The van der Waals surface area contributed by atoms with Crippen molar-refractivity contribution in [1.82, 2.24) is 9.88 Å². The summed E-state index contributed by atoms with van der Waals surface area (Å²) in [5.41, 5.74) is 2.42. The highest BCUT2D eigenvalue weighted by atomic mass is 32.1. The van der Waals surface area contributed by atoms with E-state index in [1.807, 2.05) is 6.07 Å². The Bertz CT molecular complexity index is 1040. The summed E-state index contributed by atoms with van der Waals surface area (Å²) in [7, 11) is 0. The highest BCUT2D eigenvalue weighted by molar-refractivity contribution is 7.12. The van der Waals surface area contributed by atoms with E-state index in [2.05, 4.69) is 11.1 Å². The third-order valence-corrected chi connectivity index (χ3v) is 6.83. The Kier molecular flexibility index (Phi) is 6.44. The third kappa shape index (κ3) is 5.01. The molecule has 1 saturated heterocycles. The number of hydrogen-bond acceptors (Lipinski definition) is 7. The molecular formula is C23H23N3O4S. The van der Waals surface area contributed by atoms with Gasteiger partial charge in [-0.15, -0.1) is 11.3 Å². The normalized spacial score (nSPS) is 20.5. The first-order valence-corrected chi connectivity index (χ1v) is 11.1. The number of aliphatic hydroxyl groups is 1. The molecule has 0 aromatic carbocycles. The molecule has 4 rings (SSSR count). The van der Waals surface area contributed by atoms with Crippen LogP contribution in [0.4, 0.5) is 4.79 Å². The molecule has 2 unspecified atom stereocenters. The molecule has 2 aliphatic rings. The number of amides is 1. The van der Waals surface area contributed by atoms with Crippen molar-refractivity contribution >= 4 is 29.3 Å². The second-order valence-corrected chi connectivity index (χ2v) is 9.00. The molecule has 1 aliphatic heterocycles. The zero-order chi connectivity index (χ0) is 21.8. The van der Waals surface area contributed by atoms with Gasteiger partial charge in [0.05, 0.1) is 11.7 Å². The van der Waals surface area contributed by atoms with Crippen LogP contribution < -0.4 is 0 Å². The van der Waals surface area contributed by atoms with Crippen molar-refractivity contribution in [1.29, 1.82) is 5.26 Å². The fourth-order valence-electron chi connectivity index (χ4n) is 3.97. The number of carbonyl (C=O) groups is 2. The maximum Gasteiger partial charge on any atom is 0.410 e. The van der Waals surface area contributed by atoms with E-state index >= 15 is 0 Å². The molecular weight excluding hydrogens is 414 g/mol. The Morgan fingerprint density at radius 2 is 2.29 bits per heavy atom. The zero-order valence-corrected chi connectivity index (χ0v) is 17.8. The first-order chi connectivity index (χ1) is 15.0. The summed E-state index contributed by atoms with van der Waals surface area (Å²) < 4.78 is 5.65. The Balaban J connectivity index is 1.41. The van der Waals surface area contributed by atoms with E-state index in [1.165, 1.54) is 22.3 Å². The van der Waals surface area contributed by atoms with E-state index in [0.717, 1.165) is 20.9 Å². The van der Waals surface area contributed by atoms with Gasteiger partial charge in [0.15, 0.2) is 5.78 Å². The van der Waals surface area contributed by atoms with Crippen LogP contribution in [0.15, 0.2) is 30.6 Å². The summed E-state index contributed by atoms with van der Waals surface area (Å²) in [6.45, 7) is 0.821. The van der Waals surface area contributed by atoms with Gasteiger partial charge < -0.3 is 14.7 Å². The SMILES string of the molecule is N#Cc1c(CC(=O)/C=C/c2cccnc2)sc2c1CCC(OC(=O)N1CCC(O)C1)C2. The lowest BCUT2D eigenvalue weighted by Crippen LogP contribution is -2.35. The minimum Gasteiger partial charge on any atom is -0.446 e. The van der Waals surface area contributed by atoms with Gasteiger partial charge in [0.2, 0.25) is 0 Å². The number of nitriles is 1. The van der Waals surface area contributed by atoms with Crippen molar-refractivity contribution in [2.75, 3.05) is 13.1 Å². The molecule has 1 amide bonds. The van der Waals surface area contributed by atoms with Crippen LogP contribution >= 0.6 is 11.3 Å². The van der Waals surface area contributed by atoms with Gasteiger partial charge in [0.1, 0.15) is 12.2 Å². The smallest absolute Gasteiger partial charge is 0.410 e. The molecule has 0 saturated carbocycles. The van der Waals surface area contributed by atoms with Crippen LogP contribution in [0.3, 0.4) is 0 Å². The number of fused-ring (bicyclic) bond motifs is 1. The van der Waals surface area contributed by atoms with Gasteiger partial charge in [-0.3, -0.25) is 9.78 Å². The predicted octanol–water partition coefficient (Wildman–Crippen LogP) is 2.90. The molecule has 0 spiro atoms. The highest BCUT2D eigenvalue weighted by Crippen LogP contribution is 2.35. The van der Waals surface area contributed by atoms with Crippen molar-refractivity contribution in [2.45, 2.75) is 44.3 Å². The minimum atomic E-state index is -0.478. The van der Waals surface area contributed by atoms with Gasteiger partial charge in [0, 0.05) is 48.1 Å². The monoisotopic (exact) mass is 437 g/mol. The minimum absolute atomic E-state index is 0.0745. The zero-order valence-electron chi connectivity index (χ0n) is 17.0. The maximum atomic E-state index is 12.4. The molecule has 8 heteroatoms. The first-order valence-electron chi connectivity index (χ1n) is 10.3. The molecule has 1 fully saturated rings. The van der Waals surface area contributed by atoms with E-state index in [-0.39, 0.29) is 18.3 Å². The number of nitrogens with zero attached hydrogens (tertiary/aromatic N) is 3. The number of pyridine rings is 1. The summed E-state index contributed by atoms with van der Waals surface area (Å²) in [5.74, 6) is -0.0745. The lowest BCUT2D eigenvalue weighted by Gasteiger charge is -2.25. The number of allylic oxidation sites excluding steroid dienone is 1. The van der Waals surface area contributed by atoms with Crippen LogP contribution in [-0.2, 0) is 28.8 Å². The van der Waals surface area contributed by atoms with Crippen molar-refractivity contribution < 1.29 is 19.4 Å². The summed E-state index contributed by atoms with van der Waals surface area (Å²) in [4.78, 5) is 32.1. The lowest BCUT2D eigenvalue weighted by atomic mass is 9.92. The molecule has 2 aromatic rings. The van der Waals surface area contributed by atoms with Crippen LogP contribution in [-0.4, -0.2) is 52.2 Å². The van der Waals surface area contributed by atoms with Crippen molar-refractivity contribution in [3.63, 3.8) is 0 Å². The van der Waals surface area contributed by atoms with E-state index in [9.17, 15) is 20.0 Å². The van der Waals surface area contributed by atoms with Crippen LogP contribution in [0.1, 0.15) is 39.3 Å². The highest BCUT2D eigenvalue weighted by Gasteiger charge is 2.31. The van der Waals surface area contributed by atoms with Crippen LogP contribution in [0.5, 0.6) is 0 Å². The van der Waals surface area contributed by atoms with Gasteiger partial charge in [-0.1, -0.05) is 6.07 Å². The van der Waals surface area contributed by atoms with Gasteiger partial charge in [0.25, 0.3) is 0 Å². The Morgan fingerprint density at radius 3 is 3.00 bits per heavy atom. The molecule has 0 radical (unpaired) electrons. The van der Waals surface area contributed by atoms with Crippen LogP contribution in [0.25, 0.3) is 6.08 Å². The van der Waals surface area contributed by atoms with E-state index in [1.54, 1.807) is 24.5 Å². The number of aromatic nitrogens is 1. The molecule has 2 atom stereocenters. The van der Waals surface area contributed by atoms with Crippen molar-refractivity contribution in [3.8, 4) is 6.07 Å². The molecule has 7 nitrogen and oxygen atoms in total. The average molecular weight is 438 g/mol. The Labute approximate surface area is 184 Å². The standard InChI is InChI=1S/C23H23N3O4S/c24-12-20-19-6-5-18(30-23(29)26-9-7-17(28)14-26)11-22(19)31-21(20)10-16(27)4-3-15-2-1-8-25-13-15/h1-4,8,13,17-18,28H,5-7,9-11,14H2/b4-3+. The van der Waals surface area contributed by atoms with Gasteiger partial charge >= 0.3 is 6.09 Å². The molecule has 2 aromatic heterocycles. The number of thiophene rings is 1. The molecule has 3 heterocycles. The number of hydrogen-bond donors (Lipinski definition) is 1. The lowest BCUT2D eigenvalue weighted by molar-refractivity contribution is -0.113.